The van der Waals surface area contributed by atoms with Crippen LogP contribution in [0.1, 0.15) is 72.1 Å². The molecule has 0 saturated heterocycles. The van der Waals surface area contributed by atoms with Crippen molar-refractivity contribution in [3.63, 3.8) is 0 Å². The average molecular weight is 502 g/mol. The Morgan fingerprint density at radius 1 is 1.03 bits per heavy atom. The summed E-state index contributed by atoms with van der Waals surface area (Å²) in [4.78, 5) is 24.3. The van der Waals surface area contributed by atoms with Gasteiger partial charge < -0.3 is 30.5 Å². The van der Waals surface area contributed by atoms with Crippen LogP contribution < -0.4 is 40.0 Å². The molecule has 0 aromatic heterocycles. The van der Waals surface area contributed by atoms with Gasteiger partial charge in [0.25, 0.3) is 0 Å². The van der Waals surface area contributed by atoms with Crippen LogP contribution in [0.15, 0.2) is 0 Å². The molecular formula is C27H44NNaO6. The predicted octanol–water partition coefficient (Wildman–Crippen LogP) is -1.87. The van der Waals surface area contributed by atoms with Crippen LogP contribution in [0.2, 0.25) is 0 Å². The van der Waals surface area contributed by atoms with Crippen LogP contribution in [-0.2, 0) is 9.59 Å². The largest absolute Gasteiger partial charge is 1.00 e. The van der Waals surface area contributed by atoms with Crippen LogP contribution in [0.4, 0.5) is 0 Å². The third-order valence-electron chi connectivity index (χ3n) is 11.2. The summed E-state index contributed by atoms with van der Waals surface area (Å²) >= 11 is 0. The van der Waals surface area contributed by atoms with E-state index in [1.165, 1.54) is 0 Å². The van der Waals surface area contributed by atoms with E-state index in [4.69, 9.17) is 0 Å². The fraction of sp³-hybridized carbons (Fsp3) is 0.926. The molecule has 0 aliphatic heterocycles. The number of aliphatic carboxylic acids is 1. The molecule has 0 heterocycles. The molecule has 4 saturated carbocycles. The zero-order valence-corrected chi connectivity index (χ0v) is 24.2. The van der Waals surface area contributed by atoms with E-state index in [9.17, 15) is 30.0 Å². The number of carboxylic acid groups (broad SMARTS) is 1. The minimum Gasteiger partial charge on any atom is -0.550 e. The molecule has 12 atom stereocenters. The first kappa shape index (κ1) is 29.5. The molecule has 7 nitrogen and oxygen atoms in total. The molecule has 0 radical (unpaired) electrons. The predicted molar refractivity (Wildman–Crippen MR) is 125 cm³/mol. The van der Waals surface area contributed by atoms with Crippen LogP contribution >= 0.6 is 0 Å². The Bertz CT molecular complexity index is 796. The van der Waals surface area contributed by atoms with Crippen molar-refractivity contribution in [1.82, 2.24) is 5.32 Å². The molecule has 0 aromatic carbocycles. The molecule has 4 unspecified atom stereocenters. The third kappa shape index (κ3) is 4.81. The van der Waals surface area contributed by atoms with Gasteiger partial charge in [-0.3, -0.25) is 4.79 Å². The van der Waals surface area contributed by atoms with Crippen molar-refractivity contribution in [2.75, 3.05) is 13.6 Å². The monoisotopic (exact) mass is 501 g/mol. The number of carbonyl (C=O) groups excluding carboxylic acids is 2. The van der Waals surface area contributed by atoms with Crippen molar-refractivity contribution in [2.45, 2.75) is 90.4 Å². The quantitative estimate of drug-likeness (QED) is 0.301. The van der Waals surface area contributed by atoms with Crippen molar-refractivity contribution in [3.05, 3.63) is 0 Å². The molecule has 0 bridgehead atoms. The van der Waals surface area contributed by atoms with E-state index >= 15 is 0 Å². The number of nitrogens with one attached hydrogen (secondary N) is 1. The number of carbonyl (C=O) groups is 2. The van der Waals surface area contributed by atoms with Gasteiger partial charge >= 0.3 is 29.6 Å². The number of fused-ring (bicyclic) bond motifs is 5. The van der Waals surface area contributed by atoms with Gasteiger partial charge in [0.15, 0.2) is 0 Å². The van der Waals surface area contributed by atoms with E-state index in [2.05, 4.69) is 26.1 Å². The van der Waals surface area contributed by atoms with E-state index < -0.39 is 24.3 Å². The number of aliphatic hydroxyl groups is 3. The first-order valence-electron chi connectivity index (χ1n) is 13.4. The first-order chi connectivity index (χ1) is 16.0. The van der Waals surface area contributed by atoms with Crippen LogP contribution in [0, 0.1) is 52.3 Å². The number of ketones is 1. The number of hydrogen-bond acceptors (Lipinski definition) is 7. The number of Topliss-reactive ketones (excluding diaryl/α,β-unsaturated/α-hetero) is 1. The van der Waals surface area contributed by atoms with Crippen LogP contribution in [0.25, 0.3) is 0 Å². The zero-order chi connectivity index (χ0) is 25.0. The summed E-state index contributed by atoms with van der Waals surface area (Å²) in [6.07, 6.45) is 2.97. The van der Waals surface area contributed by atoms with E-state index in [0.29, 0.717) is 32.1 Å². The molecule has 0 amide bonds. The van der Waals surface area contributed by atoms with Crippen LogP contribution in [0.3, 0.4) is 0 Å². The molecule has 4 N–H and O–H groups in total. The van der Waals surface area contributed by atoms with Gasteiger partial charge in [0.05, 0.1) is 24.9 Å². The Balaban J connectivity index is 0.00000342. The zero-order valence-electron chi connectivity index (χ0n) is 22.2. The van der Waals surface area contributed by atoms with Gasteiger partial charge in [0.1, 0.15) is 5.78 Å². The number of rotatable bonds is 7. The van der Waals surface area contributed by atoms with Crippen molar-refractivity contribution < 1.29 is 59.6 Å². The SMILES string of the molecule is CNCC(=O)C1C[C@@H](O)C[C@H]2C[C@@H](O)C3C(C[C@H](O)[C@@]4(C)C3CC[C@@H]4[C@H](C)CCC(=O)[O-])[C@@]12C.[Na+]. The Morgan fingerprint density at radius 2 is 1.71 bits per heavy atom. The summed E-state index contributed by atoms with van der Waals surface area (Å²) < 4.78 is 0. The minimum absolute atomic E-state index is 0. The molecule has 4 fully saturated rings. The Hall–Kier alpha value is -0.0200. The fourth-order valence-corrected chi connectivity index (χ4v) is 9.56. The number of carboxylic acids is 1. The van der Waals surface area contributed by atoms with Gasteiger partial charge in [0, 0.05) is 11.9 Å². The van der Waals surface area contributed by atoms with Crippen molar-refractivity contribution in [1.29, 1.82) is 0 Å². The molecule has 4 aliphatic rings. The Labute approximate surface area is 232 Å². The van der Waals surface area contributed by atoms with Gasteiger partial charge in [-0.25, -0.2) is 0 Å². The summed E-state index contributed by atoms with van der Waals surface area (Å²) in [5, 5.41) is 47.8. The molecule has 194 valence electrons. The minimum atomic E-state index is -1.03. The van der Waals surface area contributed by atoms with Crippen molar-refractivity contribution in [2.24, 2.45) is 52.3 Å². The average Bonchev–Trinajstić information content (AvgIpc) is 3.12. The molecule has 8 heteroatoms. The van der Waals surface area contributed by atoms with Gasteiger partial charge in [0.2, 0.25) is 0 Å². The Kier molecular flexibility index (Phi) is 9.28. The van der Waals surface area contributed by atoms with Gasteiger partial charge in [-0.1, -0.05) is 20.8 Å². The smallest absolute Gasteiger partial charge is 0.550 e. The second-order valence-corrected chi connectivity index (χ2v) is 12.5. The standard InChI is InChI=1S/C27H45NO6.Na/c1-14(5-8-24(33)34)17-6-7-18-25-20(12-23(32)27(17,18)3)26(2)15(10-21(25)30)9-16(29)11-19(26)22(31)13-28-4;/h14-21,23,25,28-30,32H,5-13H2,1-4H3,(H,33,34);/q;+1/p-1/t14-,15+,16+,17-,18?,19?,20?,21-,23+,25?,26-,27-;/m1./s1. The fourth-order valence-electron chi connectivity index (χ4n) is 9.56. The maximum atomic E-state index is 13.2. The second-order valence-electron chi connectivity index (χ2n) is 12.5. The van der Waals surface area contributed by atoms with Crippen LogP contribution in [-0.4, -0.2) is 59.0 Å². The molecule has 0 aromatic rings. The molecule has 0 spiro atoms. The van der Waals surface area contributed by atoms with Gasteiger partial charge in [-0.2, -0.15) is 0 Å². The van der Waals surface area contributed by atoms with E-state index in [-0.39, 0.29) is 101 Å². The molecule has 4 aliphatic carbocycles. The van der Waals surface area contributed by atoms with E-state index in [0.717, 1.165) is 12.8 Å². The number of aliphatic hydroxyl groups excluding tert-OH is 3. The van der Waals surface area contributed by atoms with Gasteiger partial charge in [-0.05, 0) is 105 Å². The van der Waals surface area contributed by atoms with Crippen molar-refractivity contribution >= 4 is 11.8 Å². The molecule has 4 rings (SSSR count). The van der Waals surface area contributed by atoms with Crippen LogP contribution in [0.5, 0.6) is 0 Å². The summed E-state index contributed by atoms with van der Waals surface area (Å²) in [7, 11) is 1.76. The topological polar surface area (TPSA) is 130 Å². The number of likely N-dealkylation sites (N-methyl/N-ethyl adjacent to an activating group) is 1. The van der Waals surface area contributed by atoms with E-state index in [1.54, 1.807) is 7.05 Å². The first-order valence-corrected chi connectivity index (χ1v) is 13.4. The van der Waals surface area contributed by atoms with Gasteiger partial charge in [-0.15, -0.1) is 0 Å². The summed E-state index contributed by atoms with van der Waals surface area (Å²) in [6.45, 7) is 6.70. The maximum absolute atomic E-state index is 13.2. The summed E-state index contributed by atoms with van der Waals surface area (Å²) in [5.41, 5.74) is -0.743. The normalized spacial score (nSPS) is 47.6. The molecular weight excluding hydrogens is 457 g/mol. The maximum Gasteiger partial charge on any atom is 1.00 e. The second kappa shape index (κ2) is 11.0. The number of hydrogen-bond donors (Lipinski definition) is 4. The van der Waals surface area contributed by atoms with Crippen molar-refractivity contribution in [3.8, 4) is 0 Å². The summed E-state index contributed by atoms with van der Waals surface area (Å²) in [6, 6.07) is 0. The Morgan fingerprint density at radius 3 is 2.34 bits per heavy atom. The third-order valence-corrected chi connectivity index (χ3v) is 11.2. The molecule has 35 heavy (non-hydrogen) atoms. The summed E-state index contributed by atoms with van der Waals surface area (Å²) in [5.74, 6) is -0.646. The van der Waals surface area contributed by atoms with E-state index in [1.807, 2.05) is 0 Å².